The van der Waals surface area contributed by atoms with Gasteiger partial charge in [0.25, 0.3) is 0 Å². The van der Waals surface area contributed by atoms with Crippen molar-refractivity contribution in [1.82, 2.24) is 54.2 Å². The molecule has 11 heterocycles. The molecule has 706 valence electrons. The second-order valence-corrected chi connectivity index (χ2v) is 44.7. The van der Waals surface area contributed by atoms with Crippen LogP contribution in [0, 0.1) is 35.5 Å². The number of fused-ring (bicyclic) bond motifs is 6. The van der Waals surface area contributed by atoms with Crippen LogP contribution >= 0.6 is 130 Å². The fourth-order valence-electron chi connectivity index (χ4n) is 22.5. The van der Waals surface area contributed by atoms with Gasteiger partial charge >= 0.3 is 0 Å². The Morgan fingerprint density at radius 2 is 0.608 bits per heavy atom. The van der Waals surface area contributed by atoms with Gasteiger partial charge in [0.2, 0.25) is 35.4 Å². The molecule has 6 amide bonds. The van der Waals surface area contributed by atoms with Gasteiger partial charge < -0.3 is 44.0 Å². The van der Waals surface area contributed by atoms with Gasteiger partial charge in [-0.1, -0.05) is 115 Å². The molecule has 17 rings (SSSR count). The average molecular weight is 2230 g/mol. The molecule has 19 nitrogen and oxygen atoms in total. The molecule has 3 aromatic heterocycles. The van der Waals surface area contributed by atoms with Crippen molar-refractivity contribution < 1.29 is 33.6 Å². The first-order valence-corrected chi connectivity index (χ1v) is 53.4. The summed E-state index contributed by atoms with van der Waals surface area (Å²) in [5.41, 5.74) is 16.1. The van der Waals surface area contributed by atoms with Crippen molar-refractivity contribution in [3.8, 4) is 0 Å². The standard InChI is InChI=1S/2C34H43Br2ClN4O2.C32H39Br2ClN4O3.2CH4/c2*35-27-19-26-5-4-25-20-28(37)21-29(36)32(25)33(34(26)38-22-27)24-8-16-41(17-9-24)31(43)18-23-6-14-40(15-7-23)30(42)10-13-39-11-2-1-3-12-39;1-20(2)37-42-14-9-28(40)38-10-5-21(6-11-38)15-29(41)39-12-7-22(8-13-39)31-30-23(17-26(35)18-27(30)34)3-4-24-16-25(33)19-36-32(24)31;;/h2*19-24,33H,1-18H2;16-19,21-22,31H,3-15H2,1-2H3;2*1H4/t33-;;31-;;/m1.1../s1. The number of amides is 6. The molecule has 0 N–H and O–H groups in total. The first-order chi connectivity index (χ1) is 61.9. The molecule has 3 aliphatic carbocycles. The van der Waals surface area contributed by atoms with Crippen molar-refractivity contribution >= 4 is 172 Å². The lowest BCUT2D eigenvalue weighted by Gasteiger charge is -2.38. The van der Waals surface area contributed by atoms with Crippen LogP contribution in [0.2, 0.25) is 15.1 Å². The first-order valence-electron chi connectivity index (χ1n) is 47.5. The molecule has 0 bridgehead atoms. The van der Waals surface area contributed by atoms with Gasteiger partial charge in [0.1, 0.15) is 6.61 Å². The normalized spacial score (nSPS) is 21.0. The zero-order valence-electron chi connectivity index (χ0n) is 74.4. The predicted octanol–water partition coefficient (Wildman–Crippen LogP) is 22.9. The van der Waals surface area contributed by atoms with Gasteiger partial charge in [-0.15, -0.1) is 0 Å². The van der Waals surface area contributed by atoms with Crippen LogP contribution < -0.4 is 0 Å². The molecule has 11 aliphatic rings. The molecule has 1 unspecified atom stereocenters. The Bertz CT molecular complexity index is 4730. The summed E-state index contributed by atoms with van der Waals surface area (Å²) in [7, 11) is 0. The third-order valence-electron chi connectivity index (χ3n) is 29.5. The van der Waals surface area contributed by atoms with E-state index in [1.54, 1.807) is 0 Å². The number of hydrogen-bond acceptors (Lipinski definition) is 13. The highest BCUT2D eigenvalue weighted by Crippen LogP contribution is 2.51. The van der Waals surface area contributed by atoms with Crippen LogP contribution in [-0.2, 0) is 72.1 Å². The Kier molecular flexibility index (Phi) is 38.5. The topological polar surface area (TPSA) is 189 Å². The van der Waals surface area contributed by atoms with Crippen molar-refractivity contribution in [2.45, 2.75) is 239 Å². The zero-order chi connectivity index (χ0) is 89.6. The number of benzene rings is 3. The van der Waals surface area contributed by atoms with Gasteiger partial charge in [-0.2, -0.15) is 0 Å². The van der Waals surface area contributed by atoms with E-state index in [0.29, 0.717) is 93.7 Å². The van der Waals surface area contributed by atoms with Crippen LogP contribution in [0.15, 0.2) is 105 Å². The second kappa shape index (κ2) is 48.9. The monoisotopic (exact) mass is 2220 g/mol. The lowest BCUT2D eigenvalue weighted by atomic mass is 9.76. The quantitative estimate of drug-likeness (QED) is 0.0425. The van der Waals surface area contributed by atoms with E-state index in [1.165, 1.54) is 100.0 Å². The van der Waals surface area contributed by atoms with Gasteiger partial charge in [-0.3, -0.25) is 43.7 Å². The van der Waals surface area contributed by atoms with Crippen molar-refractivity contribution in [2.75, 3.05) is 124 Å². The fraction of sp³-hybridized carbons (Fsp3) is 0.608. The van der Waals surface area contributed by atoms with Gasteiger partial charge in [0.15, 0.2) is 0 Å². The number of piperidine rings is 8. The minimum atomic E-state index is 0. The molecule has 130 heavy (non-hydrogen) atoms. The highest BCUT2D eigenvalue weighted by molar-refractivity contribution is 9.11. The van der Waals surface area contributed by atoms with Crippen LogP contribution in [0.4, 0.5) is 0 Å². The first kappa shape index (κ1) is 102. The Labute approximate surface area is 838 Å². The van der Waals surface area contributed by atoms with Gasteiger partial charge in [0, 0.05) is 202 Å². The minimum absolute atomic E-state index is 0. The number of hydrogen-bond donors (Lipinski definition) is 0. The van der Waals surface area contributed by atoms with Gasteiger partial charge in [-0.25, -0.2) is 0 Å². The molecular formula is C102H133Br6Cl3N12O7. The summed E-state index contributed by atoms with van der Waals surface area (Å²) in [6.45, 7) is 19.6. The maximum atomic E-state index is 13.4. The minimum Gasteiger partial charge on any atom is -0.395 e. The number of likely N-dealkylation sites (tertiary alicyclic amines) is 8. The van der Waals surface area contributed by atoms with E-state index in [-0.39, 0.29) is 68.1 Å². The SMILES string of the molecule is C.C.CC(C)=NOCCC(=O)N1CCC(CC(=O)N2CCC([C@H]3c4ncc(Br)cc4CCc4cc(Cl)cc(Br)c43)CC2)CC1.O=C(CCN1CCCCC1)N1CCC(CC(=O)N2CCC(C3c4ncc(Br)cc4CCc4cc(Cl)cc(Br)c43)CC2)CC1.O=C(CCN1CCCCC1)N1CCC(CC(=O)N2CCC([C@H]3c4ncc(Br)cc4CCc4cc(Cl)cc(Br)c43)CC2)CC1. The fourth-order valence-corrected chi connectivity index (χ4v) is 27.0. The molecule has 6 aromatic rings. The van der Waals surface area contributed by atoms with E-state index in [1.807, 2.05) is 65.3 Å². The molecule has 3 aromatic carbocycles. The summed E-state index contributed by atoms with van der Waals surface area (Å²) in [4.78, 5) is 116. The Balaban J connectivity index is 0.000000165. The summed E-state index contributed by atoms with van der Waals surface area (Å²) in [5.74, 6) is 4.30. The molecule has 3 atom stereocenters. The smallest absolute Gasteiger partial charge is 0.226 e. The van der Waals surface area contributed by atoms with E-state index >= 15 is 0 Å². The van der Waals surface area contributed by atoms with Crippen molar-refractivity contribution in [3.05, 3.63) is 182 Å². The van der Waals surface area contributed by atoms with E-state index in [2.05, 4.69) is 162 Å². The maximum absolute atomic E-state index is 13.4. The molecule has 0 spiro atoms. The number of aryl methyl sites for hydroxylation is 6. The van der Waals surface area contributed by atoms with Crippen LogP contribution in [0.5, 0.6) is 0 Å². The number of carbonyl (C=O) groups excluding carboxylic acids is 6. The molecule has 28 heteroatoms. The number of nitrogens with zero attached hydrogens (tertiary/aromatic N) is 12. The molecular weight excluding hydrogens is 2090 g/mol. The Morgan fingerprint density at radius 3 is 0.892 bits per heavy atom. The van der Waals surface area contributed by atoms with E-state index in [0.717, 1.165) is 274 Å². The Morgan fingerprint density at radius 1 is 0.346 bits per heavy atom. The summed E-state index contributed by atoms with van der Waals surface area (Å²) >= 11 is 41.9. The molecule has 0 radical (unpaired) electrons. The number of oxime groups is 1. The summed E-state index contributed by atoms with van der Waals surface area (Å²) in [6.07, 6.45) is 33.7. The van der Waals surface area contributed by atoms with Crippen molar-refractivity contribution in [3.63, 3.8) is 0 Å². The van der Waals surface area contributed by atoms with Crippen molar-refractivity contribution in [2.24, 2.45) is 40.7 Å². The van der Waals surface area contributed by atoms with E-state index in [9.17, 15) is 28.8 Å². The number of rotatable bonds is 19. The number of pyridine rings is 3. The maximum Gasteiger partial charge on any atom is 0.226 e. The number of halogens is 9. The zero-order valence-corrected chi connectivity index (χ0v) is 86.2. The van der Waals surface area contributed by atoms with E-state index in [4.69, 9.17) is 54.6 Å². The third-order valence-corrected chi connectivity index (χ3v) is 33.4. The average Bonchev–Trinajstić information content (AvgIpc) is 1.49. The Hall–Kier alpha value is -4.93. The lowest BCUT2D eigenvalue weighted by Crippen LogP contribution is -2.43. The van der Waals surface area contributed by atoms with Crippen LogP contribution in [0.3, 0.4) is 0 Å². The highest BCUT2D eigenvalue weighted by Gasteiger charge is 2.42. The number of carbonyl (C=O) groups is 6. The van der Waals surface area contributed by atoms with Gasteiger partial charge in [0.05, 0.1) is 29.2 Å². The van der Waals surface area contributed by atoms with E-state index < -0.39 is 0 Å². The molecule has 8 aliphatic heterocycles. The van der Waals surface area contributed by atoms with Crippen molar-refractivity contribution in [1.29, 1.82) is 0 Å². The summed E-state index contributed by atoms with van der Waals surface area (Å²) < 4.78 is 6.21. The largest absolute Gasteiger partial charge is 0.395 e. The number of aromatic nitrogens is 3. The summed E-state index contributed by atoms with van der Waals surface area (Å²) in [6, 6.07) is 19.1. The predicted molar refractivity (Wildman–Crippen MR) is 543 cm³/mol. The molecule has 0 saturated carbocycles. The van der Waals surface area contributed by atoms with Gasteiger partial charge in [-0.05, 0) is 369 Å². The van der Waals surface area contributed by atoms with Crippen LogP contribution in [0.1, 0.15) is 268 Å². The lowest BCUT2D eigenvalue weighted by molar-refractivity contribution is -0.137. The summed E-state index contributed by atoms with van der Waals surface area (Å²) in [5, 5.41) is 6.16. The molecule has 8 saturated heterocycles. The molecule has 8 fully saturated rings. The van der Waals surface area contributed by atoms with Crippen LogP contribution in [0.25, 0.3) is 0 Å². The van der Waals surface area contributed by atoms with Crippen LogP contribution in [-0.4, -0.2) is 220 Å². The highest BCUT2D eigenvalue weighted by atomic mass is 79.9. The second-order valence-electron chi connectivity index (χ2n) is 38.1. The third kappa shape index (κ3) is 26.7.